The van der Waals surface area contributed by atoms with Gasteiger partial charge in [-0.15, -0.1) is 0 Å². The van der Waals surface area contributed by atoms with Gasteiger partial charge in [-0.1, -0.05) is 32.0 Å². The molecule has 6 heteroatoms. The lowest BCUT2D eigenvalue weighted by atomic mass is 10.0. The number of aromatic nitrogens is 2. The van der Waals surface area contributed by atoms with E-state index in [1.165, 1.54) is 5.56 Å². The first-order valence-corrected chi connectivity index (χ1v) is 11.3. The number of fused-ring (bicyclic) bond motifs is 1. The number of anilines is 2. The Balaban J connectivity index is 0.00000124. The normalized spacial score (nSPS) is 16.9. The number of amides is 1. The average molecular weight is 410 g/mol. The van der Waals surface area contributed by atoms with E-state index in [1.54, 1.807) is 0 Å². The van der Waals surface area contributed by atoms with Crippen LogP contribution in [0, 0.1) is 13.8 Å². The van der Waals surface area contributed by atoms with Crippen LogP contribution in [0.3, 0.4) is 0 Å². The molecule has 2 aliphatic heterocycles. The van der Waals surface area contributed by atoms with Crippen molar-refractivity contribution in [3.63, 3.8) is 0 Å². The molecule has 6 nitrogen and oxygen atoms in total. The summed E-state index contributed by atoms with van der Waals surface area (Å²) in [5, 5.41) is 0. The highest BCUT2D eigenvalue weighted by Gasteiger charge is 2.25. The standard InChI is InChI=1S/C22H29N5O.C2H6/c1-17-15-21(24-18(2)23-17)26-11-6-10-25(13-14-26)16-22(28)27-12-5-8-19-7-3-4-9-20(19)27;1-2/h3-4,7,9,15H,5-6,8,10-14,16H2,1-2H3;1-2H3. The first-order chi connectivity index (χ1) is 14.6. The van der Waals surface area contributed by atoms with Crippen molar-refractivity contribution < 1.29 is 4.79 Å². The van der Waals surface area contributed by atoms with E-state index in [0.29, 0.717) is 6.54 Å². The maximum Gasteiger partial charge on any atom is 0.241 e. The summed E-state index contributed by atoms with van der Waals surface area (Å²) in [4.78, 5) is 28.6. The molecule has 0 N–H and O–H groups in total. The fourth-order valence-corrected chi connectivity index (χ4v) is 4.29. The molecule has 0 radical (unpaired) electrons. The topological polar surface area (TPSA) is 52.6 Å². The van der Waals surface area contributed by atoms with Crippen LogP contribution in [0.5, 0.6) is 0 Å². The van der Waals surface area contributed by atoms with E-state index < -0.39 is 0 Å². The molecule has 0 spiro atoms. The Morgan fingerprint density at radius 3 is 2.57 bits per heavy atom. The van der Waals surface area contributed by atoms with E-state index >= 15 is 0 Å². The number of rotatable bonds is 3. The predicted molar refractivity (Wildman–Crippen MR) is 123 cm³/mol. The number of para-hydroxylation sites is 1. The molecule has 4 rings (SSSR count). The predicted octanol–water partition coefficient (Wildman–Crippen LogP) is 3.61. The van der Waals surface area contributed by atoms with Crippen molar-refractivity contribution in [1.82, 2.24) is 14.9 Å². The van der Waals surface area contributed by atoms with E-state index in [9.17, 15) is 4.79 Å². The summed E-state index contributed by atoms with van der Waals surface area (Å²) in [6.45, 7) is 12.9. The van der Waals surface area contributed by atoms with Gasteiger partial charge in [-0.2, -0.15) is 0 Å². The quantitative estimate of drug-likeness (QED) is 0.775. The highest BCUT2D eigenvalue weighted by atomic mass is 16.2. The second-order valence-electron chi connectivity index (χ2n) is 7.81. The van der Waals surface area contributed by atoms with Gasteiger partial charge in [0.15, 0.2) is 0 Å². The first-order valence-electron chi connectivity index (χ1n) is 11.3. The van der Waals surface area contributed by atoms with Crippen molar-refractivity contribution in [2.75, 3.05) is 49.1 Å². The molecule has 1 saturated heterocycles. The molecule has 2 aromatic rings. The number of carbonyl (C=O) groups is 1. The minimum Gasteiger partial charge on any atom is -0.355 e. The van der Waals surface area contributed by atoms with Crippen molar-refractivity contribution in [1.29, 1.82) is 0 Å². The second-order valence-corrected chi connectivity index (χ2v) is 7.81. The molecular weight excluding hydrogens is 374 g/mol. The Kier molecular flexibility index (Phi) is 7.80. The smallest absolute Gasteiger partial charge is 0.241 e. The van der Waals surface area contributed by atoms with Gasteiger partial charge in [0.2, 0.25) is 5.91 Å². The molecule has 0 bridgehead atoms. The summed E-state index contributed by atoms with van der Waals surface area (Å²) in [5.41, 5.74) is 3.39. The van der Waals surface area contributed by atoms with Gasteiger partial charge in [0.1, 0.15) is 11.6 Å². The molecule has 30 heavy (non-hydrogen) atoms. The number of hydrogen-bond acceptors (Lipinski definition) is 5. The Bertz CT molecular complexity index is 833. The van der Waals surface area contributed by atoms with Crippen molar-refractivity contribution >= 4 is 17.4 Å². The molecular formula is C24H35N5O. The number of hydrogen-bond donors (Lipinski definition) is 0. The van der Waals surface area contributed by atoms with Gasteiger partial charge in [-0.3, -0.25) is 9.69 Å². The third-order valence-corrected chi connectivity index (χ3v) is 5.64. The summed E-state index contributed by atoms with van der Waals surface area (Å²) in [5.74, 6) is 2.03. The van der Waals surface area contributed by atoms with Gasteiger partial charge in [0, 0.05) is 50.2 Å². The number of benzene rings is 1. The van der Waals surface area contributed by atoms with Crippen LogP contribution >= 0.6 is 0 Å². The van der Waals surface area contributed by atoms with Gasteiger partial charge in [0.25, 0.3) is 0 Å². The molecule has 0 unspecified atom stereocenters. The summed E-state index contributed by atoms with van der Waals surface area (Å²) in [7, 11) is 0. The van der Waals surface area contributed by atoms with Crippen molar-refractivity contribution in [3.05, 3.63) is 47.4 Å². The Morgan fingerprint density at radius 1 is 0.967 bits per heavy atom. The van der Waals surface area contributed by atoms with Gasteiger partial charge in [-0.25, -0.2) is 9.97 Å². The zero-order valence-corrected chi connectivity index (χ0v) is 18.9. The van der Waals surface area contributed by atoms with E-state index in [-0.39, 0.29) is 5.91 Å². The highest BCUT2D eigenvalue weighted by Crippen LogP contribution is 2.27. The van der Waals surface area contributed by atoms with E-state index in [1.807, 2.05) is 38.7 Å². The summed E-state index contributed by atoms with van der Waals surface area (Å²) in [6, 6.07) is 10.4. The van der Waals surface area contributed by atoms with Gasteiger partial charge >= 0.3 is 0 Å². The van der Waals surface area contributed by atoms with Crippen LogP contribution < -0.4 is 9.80 Å². The summed E-state index contributed by atoms with van der Waals surface area (Å²) < 4.78 is 0. The number of aryl methyl sites for hydroxylation is 3. The zero-order valence-electron chi connectivity index (χ0n) is 18.9. The second kappa shape index (κ2) is 10.5. The first kappa shape index (κ1) is 22.2. The van der Waals surface area contributed by atoms with Crippen LogP contribution in [0.4, 0.5) is 11.5 Å². The van der Waals surface area contributed by atoms with Crippen molar-refractivity contribution in [2.24, 2.45) is 0 Å². The van der Waals surface area contributed by atoms with E-state index in [0.717, 1.165) is 75.0 Å². The van der Waals surface area contributed by atoms with Crippen molar-refractivity contribution in [3.8, 4) is 0 Å². The third-order valence-electron chi connectivity index (χ3n) is 5.64. The lowest BCUT2D eigenvalue weighted by Crippen LogP contribution is -2.43. The fourth-order valence-electron chi connectivity index (χ4n) is 4.29. The van der Waals surface area contributed by atoms with Gasteiger partial charge in [-0.05, 0) is 44.7 Å². The van der Waals surface area contributed by atoms with Crippen LogP contribution in [0.1, 0.15) is 43.8 Å². The number of nitrogens with zero attached hydrogens (tertiary/aromatic N) is 5. The lowest BCUT2D eigenvalue weighted by molar-refractivity contribution is -0.119. The molecule has 0 atom stereocenters. The van der Waals surface area contributed by atoms with Gasteiger partial charge < -0.3 is 9.80 Å². The summed E-state index contributed by atoms with van der Waals surface area (Å²) in [6.07, 6.45) is 3.14. The number of carbonyl (C=O) groups excluding carboxylic acids is 1. The van der Waals surface area contributed by atoms with Crippen LogP contribution in [0.25, 0.3) is 0 Å². The molecule has 1 fully saturated rings. The zero-order chi connectivity index (χ0) is 21.5. The molecule has 1 aromatic heterocycles. The lowest BCUT2D eigenvalue weighted by Gasteiger charge is -2.31. The van der Waals surface area contributed by atoms with Crippen molar-refractivity contribution in [2.45, 2.75) is 47.0 Å². The molecule has 0 saturated carbocycles. The third kappa shape index (κ3) is 5.36. The SMILES string of the molecule is CC.Cc1cc(N2CCCN(CC(=O)N3CCCc4ccccc43)CC2)nc(C)n1. The van der Waals surface area contributed by atoms with Gasteiger partial charge in [0.05, 0.1) is 6.54 Å². The molecule has 162 valence electrons. The monoisotopic (exact) mass is 409 g/mol. The summed E-state index contributed by atoms with van der Waals surface area (Å²) >= 11 is 0. The maximum atomic E-state index is 13.0. The van der Waals surface area contributed by atoms with E-state index in [2.05, 4.69) is 44.0 Å². The Morgan fingerprint density at radius 2 is 1.77 bits per heavy atom. The Hall–Kier alpha value is -2.47. The van der Waals surface area contributed by atoms with Crippen LogP contribution in [-0.2, 0) is 11.2 Å². The molecule has 0 aliphatic carbocycles. The largest absolute Gasteiger partial charge is 0.355 e. The molecule has 2 aliphatic rings. The van der Waals surface area contributed by atoms with Crippen LogP contribution in [-0.4, -0.2) is 60.0 Å². The minimum atomic E-state index is 0.217. The average Bonchev–Trinajstić information content (AvgIpc) is 2.99. The minimum absolute atomic E-state index is 0.217. The van der Waals surface area contributed by atoms with E-state index in [4.69, 9.17) is 0 Å². The van der Waals surface area contributed by atoms with Crippen LogP contribution in [0.2, 0.25) is 0 Å². The fraction of sp³-hybridized carbons (Fsp3) is 0.542. The maximum absolute atomic E-state index is 13.0. The molecule has 1 aromatic carbocycles. The molecule has 1 amide bonds. The highest BCUT2D eigenvalue weighted by molar-refractivity contribution is 5.95. The molecule has 3 heterocycles. The van der Waals surface area contributed by atoms with Crippen LogP contribution in [0.15, 0.2) is 30.3 Å². The Labute approximate surface area is 180 Å².